The molecule has 1 aliphatic rings. The van der Waals surface area contributed by atoms with Gasteiger partial charge in [-0.2, -0.15) is 0 Å². The minimum absolute atomic E-state index is 0. The Labute approximate surface area is 230 Å². The summed E-state index contributed by atoms with van der Waals surface area (Å²) < 4.78 is 142. The van der Waals surface area contributed by atoms with E-state index in [1.165, 1.54) is 0 Å². The normalized spacial score (nSPS) is 35.6. The van der Waals surface area contributed by atoms with Crippen molar-refractivity contribution in [2.45, 2.75) is 45.3 Å². The van der Waals surface area contributed by atoms with Crippen LogP contribution in [-0.4, -0.2) is 46.4 Å². The molecule has 0 unspecified atom stereocenters. The number of fused-ring (bicyclic) bond motifs is 1. The first-order chi connectivity index (χ1) is 19.5. The van der Waals surface area contributed by atoms with Crippen LogP contribution in [0.15, 0.2) is 10.3 Å². The average Bonchev–Trinajstić information content (AvgIpc) is 3.33. The third kappa shape index (κ3) is 5.20. The largest absolute Gasteiger partial charge is 1.00 e. The zero-order valence-electron chi connectivity index (χ0n) is 32.1. The molecule has 0 atom stereocenters. The Morgan fingerprint density at radius 1 is 1.52 bits per heavy atom. The summed E-state index contributed by atoms with van der Waals surface area (Å²) in [6.45, 7) is -16.1. The van der Waals surface area contributed by atoms with Crippen molar-refractivity contribution in [2.24, 2.45) is 0 Å². The number of nitrogens with zero attached hydrogens (tertiary/aromatic N) is 3. The number of nitrogens with one attached hydrogen (secondary N) is 1. The first kappa shape index (κ1) is 8.45. The first-order valence-corrected chi connectivity index (χ1v) is 8.14. The average molecular weight is 435 g/mol. The molecule has 0 aliphatic carbocycles. The smallest absolute Gasteiger partial charge is 0.871 e. The second kappa shape index (κ2) is 10.5. The van der Waals surface area contributed by atoms with Gasteiger partial charge in [-0.15, -0.1) is 11.3 Å². The maximum atomic E-state index is 13.4. The number of thiazole rings is 1. The Hall–Kier alpha value is -0.294. The predicted octanol–water partition coefficient (Wildman–Crippen LogP) is -1.28. The number of rotatable bonds is 6. The van der Waals surface area contributed by atoms with Crippen molar-refractivity contribution >= 4 is 27.6 Å². The fourth-order valence-corrected chi connectivity index (χ4v) is 2.94. The van der Waals surface area contributed by atoms with Gasteiger partial charge in [0.05, 0.1) is 17.1 Å². The second-order valence-electron chi connectivity index (χ2n) is 4.99. The molecule has 9 heteroatoms. The Bertz CT molecular complexity index is 1480. The van der Waals surface area contributed by atoms with Crippen LogP contribution in [0.1, 0.15) is 78.9 Å². The summed E-state index contributed by atoms with van der Waals surface area (Å²) in [5.74, 6) is -3.05. The van der Waals surface area contributed by atoms with Crippen LogP contribution in [0.2, 0.25) is 1.41 Å². The molecule has 7 nitrogen and oxygen atoms in total. The van der Waals surface area contributed by atoms with Crippen LogP contribution in [-0.2, 0) is 0 Å². The summed E-state index contributed by atoms with van der Waals surface area (Å²) in [6, 6.07) is -3.74. The molecule has 2 aromatic heterocycles. The molecular formula is C18H25KN4O3S. The van der Waals surface area contributed by atoms with Crippen molar-refractivity contribution in [1.29, 1.82) is 0 Å². The zero-order valence-corrected chi connectivity index (χ0v) is 18.1. The molecule has 1 N–H and O–H groups in total. The van der Waals surface area contributed by atoms with Crippen LogP contribution in [0, 0.1) is 0 Å². The van der Waals surface area contributed by atoms with Crippen molar-refractivity contribution in [3.63, 3.8) is 0 Å². The number of hydrogen-bond donors (Lipinski definition) is 1. The van der Waals surface area contributed by atoms with Crippen molar-refractivity contribution < 1.29 is 86.0 Å². The molecule has 142 valence electrons. The summed E-state index contributed by atoms with van der Waals surface area (Å²) >= 11 is 0.495. The van der Waals surface area contributed by atoms with Gasteiger partial charge in [0.15, 0.2) is 7.06 Å². The van der Waals surface area contributed by atoms with E-state index < -0.39 is 104 Å². The molecule has 27 heavy (non-hydrogen) atoms. The molecule has 3 rings (SSSR count). The van der Waals surface area contributed by atoms with Gasteiger partial charge >= 0.3 is 51.4 Å². The fraction of sp³-hybridized carbons (Fsp3) is 0.611. The third-order valence-electron chi connectivity index (χ3n) is 3.35. The molecule has 1 amide bonds. The van der Waals surface area contributed by atoms with Gasteiger partial charge in [0.25, 0.3) is 11.5 Å². The Balaban J connectivity index is 0.00000705. The summed E-state index contributed by atoms with van der Waals surface area (Å²) in [5.41, 5.74) is -3.11. The van der Waals surface area contributed by atoms with E-state index in [4.69, 9.17) is 24.7 Å². The summed E-state index contributed by atoms with van der Waals surface area (Å²) in [4.78, 5) is 30.4. The molecule has 0 radical (unpaired) electrons. The quantitative estimate of drug-likeness (QED) is 0.572. The van der Waals surface area contributed by atoms with Gasteiger partial charge in [-0.25, -0.2) is 4.98 Å². The summed E-state index contributed by atoms with van der Waals surface area (Å²) in [5, 5.41) is 13.0. The molecular weight excluding hydrogens is 391 g/mol. The van der Waals surface area contributed by atoms with Crippen LogP contribution >= 0.6 is 11.3 Å². The minimum atomic E-state index is -3.74. The van der Waals surface area contributed by atoms with Gasteiger partial charge in [-0.05, 0) is 52.4 Å². The van der Waals surface area contributed by atoms with Crippen LogP contribution in [0.5, 0.6) is 5.75 Å². The van der Waals surface area contributed by atoms with Crippen LogP contribution in [0.3, 0.4) is 0 Å². The number of likely N-dealkylation sites (tertiary alicyclic amines) is 1. The third-order valence-corrected chi connectivity index (χ3v) is 4.16. The topological polar surface area (TPSA) is 90.3 Å². The van der Waals surface area contributed by atoms with Crippen LogP contribution in [0.4, 0.5) is 0 Å². The van der Waals surface area contributed by atoms with E-state index in [1.54, 1.807) is 0 Å². The number of carbonyl (C=O) groups excluding carboxylic acids is 1. The molecule has 2 aromatic rings. The van der Waals surface area contributed by atoms with E-state index in [-0.39, 0.29) is 66.2 Å². The van der Waals surface area contributed by atoms with Gasteiger partial charge in [0, 0.05) is 34.5 Å². The SMILES string of the molecule is [2H]N(CCCN1C([2H])([2H])C([2H])([2H])C([2H])([2H])C([2H])([2H])C1([2H])[2H])C(=O)c1c([O-])c2scnc2n(C([2H])(C([2H])([2H])[2H])C([2H])([2H])[2H])c1=O.[K+]. The molecule has 0 saturated carbocycles. The standard InChI is InChI=1S/C18H26N4O3S.K/c1-12(2)22-16-15(26-11-20-16)14(23)13(18(22)25)17(24)19-7-6-10-21-8-4-3-5-9-21;/h11-12,23H,3-10H2,1-2H3,(H,19,24);/q;+1/p-1/i1D3,2D3,3D2,4D2,5D2,8D2,9D2,12D;/hD. The number of hydrogen-bond acceptors (Lipinski definition) is 6. The van der Waals surface area contributed by atoms with Gasteiger partial charge in [0.2, 0.25) is 0 Å². The first-order valence-electron chi connectivity index (χ1n) is 16.2. The fourth-order valence-electron chi connectivity index (χ4n) is 2.22. The monoisotopic (exact) mass is 434 g/mol. The molecule has 3 heterocycles. The Morgan fingerprint density at radius 2 is 2.26 bits per heavy atom. The maximum absolute atomic E-state index is 13.4. The van der Waals surface area contributed by atoms with Gasteiger partial charge in [-0.3, -0.25) is 14.2 Å². The van der Waals surface area contributed by atoms with E-state index >= 15 is 0 Å². The molecule has 0 spiro atoms. The summed E-state index contributed by atoms with van der Waals surface area (Å²) in [7, 11) is 0. The minimum Gasteiger partial charge on any atom is -0.871 e. The van der Waals surface area contributed by atoms with Crippen LogP contribution < -0.4 is 67.4 Å². The molecule has 1 fully saturated rings. The van der Waals surface area contributed by atoms with Gasteiger partial charge in [-0.1, -0.05) is 12.1 Å². The van der Waals surface area contributed by atoms with Crippen molar-refractivity contribution in [3.05, 3.63) is 21.4 Å². The maximum Gasteiger partial charge on any atom is 1.00 e. The van der Waals surface area contributed by atoms with E-state index in [9.17, 15) is 14.7 Å². The Morgan fingerprint density at radius 3 is 2.96 bits per heavy atom. The molecule has 1 aliphatic heterocycles. The number of amides is 1. The number of pyridine rings is 1. The van der Waals surface area contributed by atoms with Crippen molar-refractivity contribution in [3.8, 4) is 5.75 Å². The van der Waals surface area contributed by atoms with E-state index in [0.29, 0.717) is 11.3 Å². The molecule has 1 saturated heterocycles. The number of piperidine rings is 1. The molecule has 0 bridgehead atoms. The van der Waals surface area contributed by atoms with Crippen LogP contribution in [0.25, 0.3) is 10.3 Å². The Kier molecular flexibility index (Phi) is 3.28. The number of carbonyl (C=O) groups is 1. The zero-order chi connectivity index (χ0) is 34.4. The molecule has 0 aromatic carbocycles. The van der Waals surface area contributed by atoms with E-state index in [1.807, 2.05) is 0 Å². The summed E-state index contributed by atoms with van der Waals surface area (Å²) in [6.07, 6.45) is -11.5. The van der Waals surface area contributed by atoms with Gasteiger partial charge < -0.3 is 15.3 Å². The van der Waals surface area contributed by atoms with Crippen molar-refractivity contribution in [2.75, 3.05) is 26.1 Å². The van der Waals surface area contributed by atoms with Crippen molar-refractivity contribution in [1.82, 2.24) is 19.8 Å². The van der Waals surface area contributed by atoms with E-state index in [2.05, 4.69) is 4.98 Å². The van der Waals surface area contributed by atoms with E-state index in [0.717, 1.165) is 5.51 Å². The number of aromatic nitrogens is 2. The predicted molar refractivity (Wildman–Crippen MR) is 101 cm³/mol. The second-order valence-corrected chi connectivity index (χ2v) is 5.84. The van der Waals surface area contributed by atoms with Gasteiger partial charge in [0.1, 0.15) is 0 Å².